The van der Waals surface area contributed by atoms with Gasteiger partial charge >= 0.3 is 0 Å². The molecule has 0 aliphatic carbocycles. The lowest BCUT2D eigenvalue weighted by Crippen LogP contribution is -2.36. The Hall–Kier alpha value is -4.77. The van der Waals surface area contributed by atoms with Crippen LogP contribution in [0, 0.1) is 11.6 Å². The van der Waals surface area contributed by atoms with Gasteiger partial charge in [-0.3, -0.25) is 0 Å². The number of pyridine rings is 1. The first-order valence-electron chi connectivity index (χ1n) is 12.0. The fourth-order valence-corrected chi connectivity index (χ4v) is 4.15. The average molecular weight is 513 g/mol. The Morgan fingerprint density at radius 2 is 1.63 bits per heavy atom. The fraction of sp³-hybridized carbons (Fsp3) is 0.148. The zero-order valence-electron chi connectivity index (χ0n) is 20.1. The maximum Gasteiger partial charge on any atom is 0.227 e. The van der Waals surface area contributed by atoms with Gasteiger partial charge in [0.1, 0.15) is 23.7 Å². The van der Waals surface area contributed by atoms with Gasteiger partial charge in [-0.1, -0.05) is 0 Å². The first kappa shape index (κ1) is 23.6. The van der Waals surface area contributed by atoms with E-state index in [4.69, 9.17) is 4.74 Å². The molecule has 190 valence electrons. The van der Waals surface area contributed by atoms with Crippen molar-refractivity contribution in [3.8, 4) is 28.5 Å². The van der Waals surface area contributed by atoms with Crippen LogP contribution in [0.1, 0.15) is 0 Å². The van der Waals surface area contributed by atoms with E-state index in [9.17, 15) is 8.78 Å². The van der Waals surface area contributed by atoms with Crippen molar-refractivity contribution in [3.63, 3.8) is 0 Å². The van der Waals surface area contributed by atoms with Crippen LogP contribution in [0.15, 0.2) is 79.4 Å². The van der Waals surface area contributed by atoms with Crippen LogP contribution >= 0.6 is 0 Å². The summed E-state index contributed by atoms with van der Waals surface area (Å²) in [6.45, 7) is 2.68. The zero-order chi connectivity index (χ0) is 25.9. The largest absolute Gasteiger partial charge is 0.378 e. The summed E-state index contributed by atoms with van der Waals surface area (Å²) in [5.41, 5.74) is 4.11. The van der Waals surface area contributed by atoms with Crippen LogP contribution in [0.25, 0.3) is 28.5 Å². The van der Waals surface area contributed by atoms with Crippen LogP contribution in [-0.2, 0) is 4.74 Å². The van der Waals surface area contributed by atoms with Crippen molar-refractivity contribution < 1.29 is 13.5 Å². The molecule has 11 heteroatoms. The SMILES string of the molecule is Fc1ccc(-c2ncn(-c3ccc(Nc4nccc(-c5cc(F)cc(N6CCOCC6)c5)n4)cc3)n2)nc1. The van der Waals surface area contributed by atoms with Crippen molar-refractivity contribution >= 4 is 17.3 Å². The summed E-state index contributed by atoms with van der Waals surface area (Å²) in [5.74, 6) is 0.0445. The second kappa shape index (κ2) is 10.3. The third-order valence-electron chi connectivity index (χ3n) is 6.05. The summed E-state index contributed by atoms with van der Waals surface area (Å²) in [6.07, 6.45) is 4.34. The first-order valence-corrected chi connectivity index (χ1v) is 12.0. The molecule has 1 N–H and O–H groups in total. The number of ether oxygens (including phenoxy) is 1. The van der Waals surface area contributed by atoms with E-state index < -0.39 is 5.82 Å². The van der Waals surface area contributed by atoms with Crippen LogP contribution < -0.4 is 10.2 Å². The predicted octanol–water partition coefficient (Wildman–Crippen LogP) is 4.64. The molecule has 3 aromatic heterocycles. The number of morpholine rings is 1. The van der Waals surface area contributed by atoms with Gasteiger partial charge in [-0.15, -0.1) is 5.10 Å². The van der Waals surface area contributed by atoms with E-state index in [2.05, 4.69) is 35.3 Å². The monoisotopic (exact) mass is 512 g/mol. The molecule has 5 aromatic rings. The van der Waals surface area contributed by atoms with Crippen molar-refractivity contribution in [2.75, 3.05) is 36.5 Å². The summed E-state index contributed by atoms with van der Waals surface area (Å²) >= 11 is 0. The number of rotatable bonds is 6. The highest BCUT2D eigenvalue weighted by Gasteiger charge is 2.14. The van der Waals surface area contributed by atoms with E-state index in [0.717, 1.165) is 23.3 Å². The van der Waals surface area contributed by atoms with Gasteiger partial charge in [0.15, 0.2) is 5.82 Å². The van der Waals surface area contributed by atoms with Gasteiger partial charge < -0.3 is 15.0 Å². The molecule has 2 aromatic carbocycles. The molecule has 0 spiro atoms. The topological polar surface area (TPSA) is 93.9 Å². The minimum Gasteiger partial charge on any atom is -0.378 e. The molecule has 1 aliphatic heterocycles. The highest BCUT2D eigenvalue weighted by Crippen LogP contribution is 2.27. The van der Waals surface area contributed by atoms with Gasteiger partial charge in [-0.05, 0) is 60.7 Å². The molecular formula is C27H22F2N8O. The Kier molecular flexibility index (Phi) is 6.40. The maximum absolute atomic E-state index is 14.5. The summed E-state index contributed by atoms with van der Waals surface area (Å²) in [6, 6.07) is 17.0. The normalized spacial score (nSPS) is 13.5. The van der Waals surface area contributed by atoms with Crippen molar-refractivity contribution in [1.82, 2.24) is 29.7 Å². The maximum atomic E-state index is 14.5. The number of nitrogens with one attached hydrogen (secondary N) is 1. The second-order valence-electron chi connectivity index (χ2n) is 8.61. The van der Waals surface area contributed by atoms with Gasteiger partial charge in [0.05, 0.1) is 30.8 Å². The number of benzene rings is 2. The Morgan fingerprint density at radius 3 is 2.42 bits per heavy atom. The molecule has 0 bridgehead atoms. The number of halogens is 2. The van der Waals surface area contributed by atoms with Crippen molar-refractivity contribution in [2.24, 2.45) is 0 Å². The molecule has 9 nitrogen and oxygen atoms in total. The van der Waals surface area contributed by atoms with Gasteiger partial charge in [0, 0.05) is 36.2 Å². The van der Waals surface area contributed by atoms with Gasteiger partial charge in [0.2, 0.25) is 5.95 Å². The Labute approximate surface area is 216 Å². The van der Waals surface area contributed by atoms with Crippen LogP contribution in [-0.4, -0.2) is 56.0 Å². The highest BCUT2D eigenvalue weighted by atomic mass is 19.1. The standard InChI is InChI=1S/C27H22F2N8O/c28-19-1-6-25(31-16-19)26-32-17-37(35-26)22-4-2-21(3-5-22)33-27-30-8-7-24(34-27)18-13-20(29)15-23(14-18)36-9-11-38-12-10-36/h1-8,13-17H,9-12H2,(H,30,33,34). The summed E-state index contributed by atoms with van der Waals surface area (Å²) < 4.78 is 34.6. The van der Waals surface area contributed by atoms with Gasteiger partial charge in [-0.25, -0.2) is 33.4 Å². The smallest absolute Gasteiger partial charge is 0.227 e. The second-order valence-corrected chi connectivity index (χ2v) is 8.61. The molecule has 0 unspecified atom stereocenters. The van der Waals surface area contributed by atoms with Crippen LogP contribution in [0.5, 0.6) is 0 Å². The van der Waals surface area contributed by atoms with E-state index in [-0.39, 0.29) is 5.82 Å². The lowest BCUT2D eigenvalue weighted by atomic mass is 10.1. The van der Waals surface area contributed by atoms with E-state index in [1.54, 1.807) is 23.3 Å². The quantitative estimate of drug-likeness (QED) is 0.352. The Balaban J connectivity index is 1.18. The van der Waals surface area contributed by atoms with E-state index >= 15 is 0 Å². The molecule has 1 fully saturated rings. The number of aromatic nitrogens is 6. The molecule has 4 heterocycles. The van der Waals surface area contributed by atoms with Crippen LogP contribution in [0.3, 0.4) is 0 Å². The zero-order valence-corrected chi connectivity index (χ0v) is 20.1. The Bertz CT molecular complexity index is 1550. The lowest BCUT2D eigenvalue weighted by Gasteiger charge is -2.29. The minimum absolute atomic E-state index is 0.320. The van der Waals surface area contributed by atoms with Crippen molar-refractivity contribution in [3.05, 3.63) is 91.0 Å². The molecule has 38 heavy (non-hydrogen) atoms. The Morgan fingerprint density at radius 1 is 0.789 bits per heavy atom. The predicted molar refractivity (Wildman–Crippen MR) is 138 cm³/mol. The van der Waals surface area contributed by atoms with Crippen LogP contribution in [0.4, 0.5) is 26.1 Å². The molecule has 1 saturated heterocycles. The van der Waals surface area contributed by atoms with E-state index in [0.29, 0.717) is 55.0 Å². The third kappa shape index (κ3) is 5.18. The van der Waals surface area contributed by atoms with Crippen molar-refractivity contribution in [1.29, 1.82) is 0 Å². The molecule has 0 atom stereocenters. The number of nitrogens with zero attached hydrogens (tertiary/aromatic N) is 7. The van der Waals surface area contributed by atoms with E-state index in [1.807, 2.05) is 30.3 Å². The summed E-state index contributed by atoms with van der Waals surface area (Å²) in [4.78, 5) is 19.3. The molecule has 0 saturated carbocycles. The highest BCUT2D eigenvalue weighted by molar-refractivity contribution is 5.67. The molecule has 0 radical (unpaired) electrons. The third-order valence-corrected chi connectivity index (χ3v) is 6.05. The molecule has 6 rings (SSSR count). The molecule has 1 aliphatic rings. The summed E-state index contributed by atoms with van der Waals surface area (Å²) in [7, 11) is 0. The van der Waals surface area contributed by atoms with Gasteiger partial charge in [-0.2, -0.15) is 0 Å². The first-order chi connectivity index (χ1) is 18.6. The van der Waals surface area contributed by atoms with Crippen LogP contribution in [0.2, 0.25) is 0 Å². The number of anilines is 3. The van der Waals surface area contributed by atoms with Gasteiger partial charge in [0.25, 0.3) is 0 Å². The van der Waals surface area contributed by atoms with E-state index in [1.165, 1.54) is 24.3 Å². The lowest BCUT2D eigenvalue weighted by molar-refractivity contribution is 0.122. The minimum atomic E-state index is -0.417. The number of hydrogen-bond acceptors (Lipinski definition) is 8. The number of hydrogen-bond donors (Lipinski definition) is 1. The molecular weight excluding hydrogens is 490 g/mol. The average Bonchev–Trinajstić information content (AvgIpc) is 3.45. The van der Waals surface area contributed by atoms with Crippen molar-refractivity contribution in [2.45, 2.75) is 0 Å². The molecule has 0 amide bonds. The summed E-state index contributed by atoms with van der Waals surface area (Å²) in [5, 5.41) is 7.61. The fourth-order valence-electron chi connectivity index (χ4n) is 4.15.